The molecule has 0 aromatic heterocycles. The highest BCUT2D eigenvalue weighted by molar-refractivity contribution is 5.34. The molecular weight excluding hydrogens is 298 g/mol. The molecule has 9 nitrogen and oxygen atoms in total. The Morgan fingerprint density at radius 3 is 2.77 bits per heavy atom. The molecule has 9 heteroatoms. The summed E-state index contributed by atoms with van der Waals surface area (Å²) in [6, 6.07) is 5.57. The quantitative estimate of drug-likeness (QED) is 0.404. The van der Waals surface area contributed by atoms with E-state index in [0.29, 0.717) is 5.56 Å². The van der Waals surface area contributed by atoms with Crippen LogP contribution in [0.25, 0.3) is 0 Å². The summed E-state index contributed by atoms with van der Waals surface area (Å²) in [5.41, 5.74) is 0.195. The van der Waals surface area contributed by atoms with Gasteiger partial charge in [-0.05, 0) is 0 Å². The molecule has 1 aromatic carbocycles. The predicted octanol–water partition coefficient (Wildman–Crippen LogP) is -0.916. The van der Waals surface area contributed by atoms with E-state index in [1.807, 2.05) is 0 Å². The molecule has 4 N–H and O–H groups in total. The number of aliphatic hydroxyl groups is 4. The standard InChI is InChI=1S/C13H17NO8/c15-5-9(16)11(18)12-10(17)6-21-13(22-12)7-2-1-3-8(4-7)14(19)20/h1-4,9-13,15-18H,5-6H2/t9-,10+,11+,12+,13?/m0/s1. The number of benzene rings is 1. The third kappa shape index (κ3) is 3.58. The fraction of sp³-hybridized carbons (Fsp3) is 0.538. The van der Waals surface area contributed by atoms with Crippen LogP contribution in [0, 0.1) is 10.1 Å². The van der Waals surface area contributed by atoms with E-state index >= 15 is 0 Å². The molecule has 0 amide bonds. The largest absolute Gasteiger partial charge is 0.394 e. The Morgan fingerprint density at radius 2 is 2.14 bits per heavy atom. The molecule has 1 aromatic rings. The van der Waals surface area contributed by atoms with E-state index in [2.05, 4.69) is 0 Å². The second kappa shape index (κ2) is 7.09. The summed E-state index contributed by atoms with van der Waals surface area (Å²) in [4.78, 5) is 10.2. The number of hydrogen-bond acceptors (Lipinski definition) is 8. The van der Waals surface area contributed by atoms with Crippen molar-refractivity contribution in [2.75, 3.05) is 13.2 Å². The summed E-state index contributed by atoms with van der Waals surface area (Å²) in [6.45, 7) is -0.886. The normalized spacial score (nSPS) is 28.1. The topological polar surface area (TPSA) is 143 Å². The monoisotopic (exact) mass is 315 g/mol. The average Bonchev–Trinajstić information content (AvgIpc) is 2.54. The molecule has 1 fully saturated rings. The summed E-state index contributed by atoms with van der Waals surface area (Å²) >= 11 is 0. The molecule has 1 unspecified atom stereocenters. The molecule has 122 valence electrons. The molecular formula is C13H17NO8. The summed E-state index contributed by atoms with van der Waals surface area (Å²) in [7, 11) is 0. The van der Waals surface area contributed by atoms with Gasteiger partial charge in [0.05, 0.1) is 18.1 Å². The third-order valence-corrected chi connectivity index (χ3v) is 3.35. The zero-order chi connectivity index (χ0) is 16.3. The van der Waals surface area contributed by atoms with Crippen LogP contribution in [0.1, 0.15) is 11.9 Å². The van der Waals surface area contributed by atoms with Crippen molar-refractivity contribution >= 4 is 5.69 Å². The fourth-order valence-electron chi connectivity index (χ4n) is 2.15. The molecule has 1 saturated heterocycles. The SMILES string of the molecule is O=[N+]([O-])c1cccc(C2OC[C@@H](O)[C@H]([C@H](O)[C@@H](O)CO)O2)c1. The molecule has 0 aliphatic carbocycles. The molecule has 0 bridgehead atoms. The highest BCUT2D eigenvalue weighted by Crippen LogP contribution is 2.30. The first-order valence-electron chi connectivity index (χ1n) is 6.60. The van der Waals surface area contributed by atoms with Crippen LogP contribution >= 0.6 is 0 Å². The number of hydrogen-bond donors (Lipinski definition) is 4. The molecule has 1 aliphatic heterocycles. The van der Waals surface area contributed by atoms with Crippen molar-refractivity contribution in [1.82, 2.24) is 0 Å². The molecule has 0 radical (unpaired) electrons. The van der Waals surface area contributed by atoms with Gasteiger partial charge in [0.2, 0.25) is 0 Å². The number of nitrogens with zero attached hydrogens (tertiary/aromatic N) is 1. The molecule has 2 rings (SSSR count). The lowest BCUT2D eigenvalue weighted by Gasteiger charge is -2.37. The lowest BCUT2D eigenvalue weighted by atomic mass is 10.0. The van der Waals surface area contributed by atoms with E-state index in [4.69, 9.17) is 14.6 Å². The minimum Gasteiger partial charge on any atom is -0.394 e. The molecule has 5 atom stereocenters. The van der Waals surface area contributed by atoms with Crippen LogP contribution in [0.5, 0.6) is 0 Å². The molecule has 22 heavy (non-hydrogen) atoms. The van der Waals surface area contributed by atoms with Gasteiger partial charge in [-0.3, -0.25) is 10.1 Å². The van der Waals surface area contributed by atoms with Crippen molar-refractivity contribution in [1.29, 1.82) is 0 Å². The van der Waals surface area contributed by atoms with Crippen molar-refractivity contribution in [2.24, 2.45) is 0 Å². The maximum atomic E-state index is 10.8. The number of aliphatic hydroxyl groups excluding tert-OH is 4. The Hall–Kier alpha value is -1.62. The van der Waals surface area contributed by atoms with Crippen LogP contribution in [0.3, 0.4) is 0 Å². The molecule has 0 spiro atoms. The molecule has 0 saturated carbocycles. The summed E-state index contributed by atoms with van der Waals surface area (Å²) in [5, 5.41) is 48.7. The fourth-order valence-corrected chi connectivity index (χ4v) is 2.15. The Bertz CT molecular complexity index is 525. The predicted molar refractivity (Wildman–Crippen MR) is 71.8 cm³/mol. The molecule has 1 heterocycles. The van der Waals surface area contributed by atoms with Gasteiger partial charge >= 0.3 is 0 Å². The third-order valence-electron chi connectivity index (χ3n) is 3.35. The van der Waals surface area contributed by atoms with Crippen LogP contribution in [0.2, 0.25) is 0 Å². The highest BCUT2D eigenvalue weighted by atomic mass is 16.7. The Labute approximate surface area is 125 Å². The minimum absolute atomic E-state index is 0.150. The minimum atomic E-state index is -1.52. The van der Waals surface area contributed by atoms with Gasteiger partial charge in [0.15, 0.2) is 6.29 Å². The number of non-ortho nitro benzene ring substituents is 1. The van der Waals surface area contributed by atoms with Gasteiger partial charge in [0.25, 0.3) is 5.69 Å². The first-order chi connectivity index (χ1) is 10.4. The summed E-state index contributed by atoms with van der Waals surface area (Å²) < 4.78 is 10.6. The van der Waals surface area contributed by atoms with Crippen molar-refractivity contribution in [3.8, 4) is 0 Å². The summed E-state index contributed by atoms with van der Waals surface area (Å²) in [5.74, 6) is 0. The van der Waals surface area contributed by atoms with Crippen molar-refractivity contribution in [2.45, 2.75) is 30.7 Å². The first kappa shape index (κ1) is 16.7. The van der Waals surface area contributed by atoms with E-state index < -0.39 is 42.2 Å². The second-order valence-electron chi connectivity index (χ2n) is 4.93. The van der Waals surface area contributed by atoms with Crippen molar-refractivity contribution in [3.63, 3.8) is 0 Å². The lowest BCUT2D eigenvalue weighted by molar-refractivity contribution is -0.385. The maximum absolute atomic E-state index is 10.8. The van der Waals surface area contributed by atoms with E-state index in [0.717, 1.165) is 0 Å². The number of nitro groups is 1. The lowest BCUT2D eigenvalue weighted by Crippen LogP contribution is -2.52. The van der Waals surface area contributed by atoms with Crippen LogP contribution in [-0.2, 0) is 9.47 Å². The highest BCUT2D eigenvalue weighted by Gasteiger charge is 2.39. The van der Waals surface area contributed by atoms with Crippen LogP contribution in [0.15, 0.2) is 24.3 Å². The van der Waals surface area contributed by atoms with E-state index in [1.54, 1.807) is 6.07 Å². The van der Waals surface area contributed by atoms with E-state index in [-0.39, 0.29) is 12.3 Å². The number of nitro benzene ring substituents is 1. The van der Waals surface area contributed by atoms with Gasteiger partial charge in [-0.1, -0.05) is 12.1 Å². The van der Waals surface area contributed by atoms with Gasteiger partial charge in [-0.25, -0.2) is 0 Å². The average molecular weight is 315 g/mol. The van der Waals surface area contributed by atoms with Crippen molar-refractivity contribution < 1.29 is 34.8 Å². The van der Waals surface area contributed by atoms with Gasteiger partial charge in [-0.15, -0.1) is 0 Å². The van der Waals surface area contributed by atoms with Crippen LogP contribution < -0.4 is 0 Å². The van der Waals surface area contributed by atoms with Gasteiger partial charge in [-0.2, -0.15) is 0 Å². The van der Waals surface area contributed by atoms with E-state index in [9.17, 15) is 25.4 Å². The van der Waals surface area contributed by atoms with Gasteiger partial charge in [0, 0.05) is 17.7 Å². The van der Waals surface area contributed by atoms with Gasteiger partial charge in [0.1, 0.15) is 24.4 Å². The Morgan fingerprint density at radius 1 is 1.41 bits per heavy atom. The first-order valence-corrected chi connectivity index (χ1v) is 6.60. The number of rotatable bonds is 5. The Kier molecular flexibility index (Phi) is 5.40. The Balaban J connectivity index is 2.16. The second-order valence-corrected chi connectivity index (χ2v) is 4.93. The maximum Gasteiger partial charge on any atom is 0.269 e. The van der Waals surface area contributed by atoms with E-state index in [1.165, 1.54) is 18.2 Å². The van der Waals surface area contributed by atoms with Crippen LogP contribution in [0.4, 0.5) is 5.69 Å². The smallest absolute Gasteiger partial charge is 0.269 e. The number of ether oxygens (including phenoxy) is 2. The van der Waals surface area contributed by atoms with Crippen LogP contribution in [-0.4, -0.2) is 63.0 Å². The van der Waals surface area contributed by atoms with Crippen molar-refractivity contribution in [3.05, 3.63) is 39.9 Å². The van der Waals surface area contributed by atoms with Gasteiger partial charge < -0.3 is 29.9 Å². The summed E-state index contributed by atoms with van der Waals surface area (Å²) in [6.07, 6.45) is -6.44. The zero-order valence-corrected chi connectivity index (χ0v) is 11.5. The molecule has 1 aliphatic rings. The zero-order valence-electron chi connectivity index (χ0n) is 11.5.